The molecule has 0 aromatic rings. The van der Waals surface area contributed by atoms with Gasteiger partial charge in [-0.1, -0.05) is 6.58 Å². The highest BCUT2D eigenvalue weighted by Crippen LogP contribution is 2.02. The first-order valence-corrected chi connectivity index (χ1v) is 4.47. The zero-order chi connectivity index (χ0) is 11.8. The van der Waals surface area contributed by atoms with Crippen molar-refractivity contribution < 1.29 is 23.9 Å². The molecule has 0 fully saturated rings. The Bertz CT molecular complexity index is 280. The molecule has 0 radical (unpaired) electrons. The molecule has 5 nitrogen and oxygen atoms in total. The number of rotatable bonds is 6. The summed E-state index contributed by atoms with van der Waals surface area (Å²) < 4.78 is 9.09. The number of hydrogen-bond acceptors (Lipinski definition) is 5. The highest BCUT2D eigenvalue weighted by molar-refractivity contribution is 5.96. The summed E-state index contributed by atoms with van der Waals surface area (Å²) in [4.78, 5) is 32.5. The van der Waals surface area contributed by atoms with Gasteiger partial charge in [0, 0.05) is 18.9 Å². The van der Waals surface area contributed by atoms with Gasteiger partial charge in [0.15, 0.2) is 5.78 Å². The zero-order valence-corrected chi connectivity index (χ0v) is 8.87. The van der Waals surface area contributed by atoms with Crippen molar-refractivity contribution in [3.05, 3.63) is 12.2 Å². The van der Waals surface area contributed by atoms with E-state index in [9.17, 15) is 14.4 Å². The topological polar surface area (TPSA) is 69.7 Å². The van der Waals surface area contributed by atoms with Crippen LogP contribution in [0.25, 0.3) is 0 Å². The van der Waals surface area contributed by atoms with Gasteiger partial charge in [-0.25, -0.2) is 4.79 Å². The van der Waals surface area contributed by atoms with E-state index in [0.29, 0.717) is 0 Å². The lowest BCUT2D eigenvalue weighted by atomic mass is 10.1. The van der Waals surface area contributed by atoms with Gasteiger partial charge >= 0.3 is 11.9 Å². The lowest BCUT2D eigenvalue weighted by Crippen LogP contribution is -2.15. The smallest absolute Gasteiger partial charge is 0.333 e. The highest BCUT2D eigenvalue weighted by atomic mass is 16.5. The van der Waals surface area contributed by atoms with Gasteiger partial charge < -0.3 is 9.47 Å². The minimum absolute atomic E-state index is 0.0639. The lowest BCUT2D eigenvalue weighted by Gasteiger charge is -2.04. The number of hydrogen-bond donors (Lipinski definition) is 0. The fourth-order valence-electron chi connectivity index (χ4n) is 0.776. The molecule has 0 saturated carbocycles. The molecule has 0 bridgehead atoms. The summed E-state index contributed by atoms with van der Waals surface area (Å²) in [7, 11) is 0. The number of Topliss-reactive ketones (excluding diaryl/α,β-unsaturated/α-hetero) is 1. The molecule has 0 aromatic heterocycles. The maximum atomic E-state index is 11.1. The van der Waals surface area contributed by atoms with Gasteiger partial charge in [0.1, 0.15) is 6.61 Å². The third-order valence-corrected chi connectivity index (χ3v) is 1.41. The fourth-order valence-corrected chi connectivity index (χ4v) is 0.776. The summed E-state index contributed by atoms with van der Waals surface area (Å²) in [6.07, 6.45) is -0.161. The molecule has 0 aliphatic rings. The molecule has 84 valence electrons. The molecular weight excluding hydrogens is 200 g/mol. The molecule has 0 unspecified atom stereocenters. The number of carbonyl (C=O) groups excluding carboxylic acids is 3. The molecule has 0 atom stereocenters. The second kappa shape index (κ2) is 6.75. The number of carbonyl (C=O) groups is 3. The Morgan fingerprint density at radius 1 is 1.20 bits per heavy atom. The van der Waals surface area contributed by atoms with Crippen molar-refractivity contribution in [2.45, 2.75) is 20.3 Å². The van der Waals surface area contributed by atoms with Crippen molar-refractivity contribution in [3.8, 4) is 0 Å². The minimum atomic E-state index is -0.603. The molecule has 0 N–H and O–H groups in total. The maximum absolute atomic E-state index is 11.1. The molecule has 0 saturated heterocycles. The van der Waals surface area contributed by atoms with Crippen molar-refractivity contribution in [1.82, 2.24) is 0 Å². The average Bonchev–Trinajstić information content (AvgIpc) is 2.15. The molecule has 15 heavy (non-hydrogen) atoms. The molecule has 0 aliphatic heterocycles. The summed E-state index contributed by atoms with van der Waals surface area (Å²) in [5.74, 6) is -1.53. The van der Waals surface area contributed by atoms with E-state index < -0.39 is 11.9 Å². The van der Waals surface area contributed by atoms with Crippen molar-refractivity contribution in [1.29, 1.82) is 0 Å². The van der Waals surface area contributed by atoms with Crippen molar-refractivity contribution >= 4 is 17.7 Å². The standard InChI is InChI=1S/C10H14O5/c1-4-14-10(13)7(2)5-9(12)6-15-8(3)11/h2,4-6H2,1,3H3. The molecule has 0 rings (SSSR count). The first-order chi connectivity index (χ1) is 6.97. The summed E-state index contributed by atoms with van der Waals surface area (Å²) >= 11 is 0. The first-order valence-electron chi connectivity index (χ1n) is 4.47. The number of ether oxygens (including phenoxy) is 2. The second-order valence-corrected chi connectivity index (χ2v) is 2.82. The van der Waals surface area contributed by atoms with Crippen molar-refractivity contribution in [2.24, 2.45) is 0 Å². The van der Waals surface area contributed by atoms with Crippen LogP contribution < -0.4 is 0 Å². The molecule has 0 aliphatic carbocycles. The Balaban J connectivity index is 3.91. The minimum Gasteiger partial charge on any atom is -0.463 e. The third-order valence-electron chi connectivity index (χ3n) is 1.41. The monoisotopic (exact) mass is 214 g/mol. The van der Waals surface area contributed by atoms with Crippen LogP contribution in [0, 0.1) is 0 Å². The van der Waals surface area contributed by atoms with Gasteiger partial charge in [-0.2, -0.15) is 0 Å². The molecular formula is C10H14O5. The summed E-state index contributed by atoms with van der Waals surface area (Å²) in [5.41, 5.74) is 0.0639. The maximum Gasteiger partial charge on any atom is 0.333 e. The Labute approximate surface area is 88.0 Å². The molecule has 0 heterocycles. The van der Waals surface area contributed by atoms with Crippen LogP contribution in [0.2, 0.25) is 0 Å². The molecule has 0 amide bonds. The Morgan fingerprint density at radius 3 is 2.27 bits per heavy atom. The van der Waals surface area contributed by atoms with E-state index in [4.69, 9.17) is 0 Å². The van der Waals surface area contributed by atoms with Crippen molar-refractivity contribution in [2.75, 3.05) is 13.2 Å². The van der Waals surface area contributed by atoms with E-state index in [2.05, 4.69) is 16.1 Å². The van der Waals surface area contributed by atoms with Gasteiger partial charge in [-0.3, -0.25) is 9.59 Å². The lowest BCUT2D eigenvalue weighted by molar-refractivity contribution is -0.145. The predicted octanol–water partition coefficient (Wildman–Crippen LogP) is 0.628. The van der Waals surface area contributed by atoms with Gasteiger partial charge in [-0.05, 0) is 6.92 Å². The summed E-state index contributed by atoms with van der Waals surface area (Å²) in [6.45, 7) is 6.16. The Morgan fingerprint density at radius 2 is 1.80 bits per heavy atom. The van der Waals surface area contributed by atoms with E-state index in [1.165, 1.54) is 6.92 Å². The normalized spacial score (nSPS) is 9.20. The van der Waals surface area contributed by atoms with Crippen LogP contribution in [0.15, 0.2) is 12.2 Å². The third kappa shape index (κ3) is 6.42. The van der Waals surface area contributed by atoms with Crippen LogP contribution in [-0.2, 0) is 23.9 Å². The zero-order valence-electron chi connectivity index (χ0n) is 8.87. The van der Waals surface area contributed by atoms with Crippen LogP contribution in [0.4, 0.5) is 0 Å². The molecule has 0 spiro atoms. The van der Waals surface area contributed by atoms with Gasteiger partial charge in [-0.15, -0.1) is 0 Å². The van der Waals surface area contributed by atoms with E-state index in [-0.39, 0.29) is 31.0 Å². The number of esters is 2. The molecule has 5 heteroatoms. The fraction of sp³-hybridized carbons (Fsp3) is 0.500. The summed E-state index contributed by atoms with van der Waals surface area (Å²) in [5, 5.41) is 0. The van der Waals surface area contributed by atoms with Gasteiger partial charge in [0.2, 0.25) is 0 Å². The van der Waals surface area contributed by atoms with Crippen LogP contribution in [-0.4, -0.2) is 30.9 Å². The van der Waals surface area contributed by atoms with Crippen LogP contribution in [0.3, 0.4) is 0 Å². The van der Waals surface area contributed by atoms with Crippen LogP contribution >= 0.6 is 0 Å². The van der Waals surface area contributed by atoms with E-state index in [1.807, 2.05) is 0 Å². The Kier molecular flexibility index (Phi) is 6.01. The molecule has 0 aromatic carbocycles. The van der Waals surface area contributed by atoms with Crippen LogP contribution in [0.5, 0.6) is 0 Å². The second-order valence-electron chi connectivity index (χ2n) is 2.82. The number of ketones is 1. The first kappa shape index (κ1) is 13.4. The van der Waals surface area contributed by atoms with Crippen LogP contribution in [0.1, 0.15) is 20.3 Å². The summed E-state index contributed by atoms with van der Waals surface area (Å²) in [6, 6.07) is 0. The average molecular weight is 214 g/mol. The van der Waals surface area contributed by atoms with E-state index in [1.54, 1.807) is 6.92 Å². The van der Waals surface area contributed by atoms with E-state index in [0.717, 1.165) is 0 Å². The quantitative estimate of drug-likeness (QED) is 0.479. The SMILES string of the molecule is C=C(CC(=O)COC(C)=O)C(=O)OCC. The highest BCUT2D eigenvalue weighted by Gasteiger charge is 2.13. The van der Waals surface area contributed by atoms with Gasteiger partial charge in [0.25, 0.3) is 0 Å². The predicted molar refractivity (Wildman–Crippen MR) is 52.0 cm³/mol. The largest absolute Gasteiger partial charge is 0.463 e. The van der Waals surface area contributed by atoms with E-state index >= 15 is 0 Å². The van der Waals surface area contributed by atoms with Gasteiger partial charge in [0.05, 0.1) is 6.61 Å². The van der Waals surface area contributed by atoms with Crippen molar-refractivity contribution in [3.63, 3.8) is 0 Å². The Hall–Kier alpha value is -1.65.